The van der Waals surface area contributed by atoms with E-state index in [1.54, 1.807) is 11.8 Å². The lowest BCUT2D eigenvalue weighted by atomic mass is 10.1. The lowest BCUT2D eigenvalue weighted by molar-refractivity contribution is 0.584. The fourth-order valence-corrected chi connectivity index (χ4v) is 2.22. The van der Waals surface area contributed by atoms with Gasteiger partial charge in [-0.2, -0.15) is 0 Å². The molecule has 0 radical (unpaired) electrons. The molecule has 1 aliphatic heterocycles. The van der Waals surface area contributed by atoms with E-state index >= 15 is 0 Å². The van der Waals surface area contributed by atoms with E-state index in [-0.39, 0.29) is 0 Å². The second kappa shape index (κ2) is 5.46. The highest BCUT2D eigenvalue weighted by Gasteiger charge is 2.14. The van der Waals surface area contributed by atoms with E-state index in [4.69, 9.17) is 5.73 Å². The van der Waals surface area contributed by atoms with Gasteiger partial charge in [0, 0.05) is 5.75 Å². The molecule has 1 heterocycles. The van der Waals surface area contributed by atoms with Gasteiger partial charge in [0.05, 0.1) is 6.04 Å². The molecule has 0 spiro atoms. The van der Waals surface area contributed by atoms with Crippen molar-refractivity contribution in [3.63, 3.8) is 0 Å². The minimum Gasteiger partial charge on any atom is -0.379 e. The summed E-state index contributed by atoms with van der Waals surface area (Å²) in [5.41, 5.74) is 5.57. The number of hydrogen-bond acceptors (Lipinski definition) is 3. The number of aliphatic imine (C=N–C) groups is 1. The molecule has 1 rings (SSSR count). The van der Waals surface area contributed by atoms with Gasteiger partial charge in [0.2, 0.25) is 0 Å². The number of rotatable bonds is 5. The zero-order chi connectivity index (χ0) is 8.81. The lowest BCUT2D eigenvalue weighted by Gasteiger charge is -2.03. The number of nitrogens with zero attached hydrogens (tertiary/aromatic N) is 1. The highest BCUT2D eigenvalue weighted by atomic mass is 32.2. The van der Waals surface area contributed by atoms with Gasteiger partial charge in [-0.05, 0) is 6.42 Å². The van der Waals surface area contributed by atoms with Gasteiger partial charge in [0.15, 0.2) is 5.17 Å². The summed E-state index contributed by atoms with van der Waals surface area (Å²) in [5.74, 6) is 1.11. The van der Waals surface area contributed by atoms with Gasteiger partial charge in [-0.1, -0.05) is 44.4 Å². The molecular weight excluding hydrogens is 168 g/mol. The predicted molar refractivity (Wildman–Crippen MR) is 56.6 cm³/mol. The van der Waals surface area contributed by atoms with E-state index in [9.17, 15) is 0 Å². The topological polar surface area (TPSA) is 38.4 Å². The Hall–Kier alpha value is -0.180. The molecule has 12 heavy (non-hydrogen) atoms. The van der Waals surface area contributed by atoms with Crippen LogP contribution < -0.4 is 5.73 Å². The zero-order valence-corrected chi connectivity index (χ0v) is 8.57. The fraction of sp³-hybridized carbons (Fsp3) is 0.889. The molecule has 0 saturated carbocycles. The Morgan fingerprint density at radius 1 is 1.50 bits per heavy atom. The third-order valence-corrected chi connectivity index (χ3v) is 3.08. The summed E-state index contributed by atoms with van der Waals surface area (Å²) >= 11 is 1.70. The zero-order valence-electron chi connectivity index (χ0n) is 7.75. The molecule has 2 nitrogen and oxygen atoms in total. The minimum atomic E-state index is 0.520. The quantitative estimate of drug-likeness (QED) is 0.669. The molecule has 0 bridgehead atoms. The van der Waals surface area contributed by atoms with Crippen LogP contribution in [0.3, 0.4) is 0 Å². The molecule has 1 aliphatic rings. The van der Waals surface area contributed by atoms with Crippen molar-refractivity contribution in [2.75, 3.05) is 5.75 Å². The largest absolute Gasteiger partial charge is 0.379 e. The van der Waals surface area contributed by atoms with Gasteiger partial charge in [0.25, 0.3) is 0 Å². The highest BCUT2D eigenvalue weighted by molar-refractivity contribution is 8.14. The van der Waals surface area contributed by atoms with Crippen LogP contribution in [0.4, 0.5) is 0 Å². The molecule has 3 heteroatoms. The summed E-state index contributed by atoms with van der Waals surface area (Å²) < 4.78 is 0. The SMILES string of the molecule is CCCCCCC1CSC(N)=N1. The second-order valence-corrected chi connectivity index (χ2v) is 4.32. The Labute approximate surface area is 79.0 Å². The Balaban J connectivity index is 2.01. The van der Waals surface area contributed by atoms with Gasteiger partial charge < -0.3 is 5.73 Å². The summed E-state index contributed by atoms with van der Waals surface area (Å²) in [6.07, 6.45) is 6.57. The summed E-state index contributed by atoms with van der Waals surface area (Å²) in [6.45, 7) is 2.24. The lowest BCUT2D eigenvalue weighted by Crippen LogP contribution is -2.04. The smallest absolute Gasteiger partial charge is 0.154 e. The maximum atomic E-state index is 5.57. The molecule has 0 fully saturated rings. The number of amidine groups is 1. The summed E-state index contributed by atoms with van der Waals surface area (Å²) in [7, 11) is 0. The maximum Gasteiger partial charge on any atom is 0.154 e. The Bertz CT molecular complexity index is 157. The Morgan fingerprint density at radius 2 is 2.33 bits per heavy atom. The highest BCUT2D eigenvalue weighted by Crippen LogP contribution is 2.19. The monoisotopic (exact) mass is 186 g/mol. The summed E-state index contributed by atoms with van der Waals surface area (Å²) in [6, 6.07) is 0.520. The average Bonchev–Trinajstić information content (AvgIpc) is 2.45. The molecular formula is C9H18N2S. The van der Waals surface area contributed by atoms with Crippen LogP contribution in [-0.4, -0.2) is 17.0 Å². The third kappa shape index (κ3) is 3.48. The van der Waals surface area contributed by atoms with Crippen LogP contribution in [-0.2, 0) is 0 Å². The van der Waals surface area contributed by atoms with Crippen molar-refractivity contribution < 1.29 is 0 Å². The first-order chi connectivity index (χ1) is 5.83. The van der Waals surface area contributed by atoms with Crippen molar-refractivity contribution in [2.45, 2.75) is 45.1 Å². The van der Waals surface area contributed by atoms with Crippen LogP contribution in [0.1, 0.15) is 39.0 Å². The minimum absolute atomic E-state index is 0.520. The molecule has 70 valence electrons. The molecule has 0 aromatic rings. The normalized spacial score (nSPS) is 22.8. The standard InChI is InChI=1S/C9H18N2S/c1-2-3-4-5-6-8-7-12-9(10)11-8/h8H,2-7H2,1H3,(H2,10,11). The van der Waals surface area contributed by atoms with Gasteiger partial charge in [-0.25, -0.2) is 0 Å². The Morgan fingerprint density at radius 3 is 2.92 bits per heavy atom. The first-order valence-corrected chi connectivity index (χ1v) is 5.77. The molecule has 0 aliphatic carbocycles. The third-order valence-electron chi connectivity index (χ3n) is 2.12. The van der Waals surface area contributed by atoms with Crippen LogP contribution in [0, 0.1) is 0 Å². The van der Waals surface area contributed by atoms with E-state index in [1.165, 1.54) is 32.1 Å². The van der Waals surface area contributed by atoms with Gasteiger partial charge in [0.1, 0.15) is 0 Å². The fourth-order valence-electron chi connectivity index (χ4n) is 1.39. The first kappa shape index (κ1) is 9.90. The number of unbranched alkanes of at least 4 members (excludes halogenated alkanes) is 3. The molecule has 1 unspecified atom stereocenters. The van der Waals surface area contributed by atoms with Crippen LogP contribution in [0.2, 0.25) is 0 Å². The van der Waals surface area contributed by atoms with Crippen LogP contribution in [0.25, 0.3) is 0 Å². The van der Waals surface area contributed by atoms with Crippen molar-refractivity contribution >= 4 is 16.9 Å². The maximum absolute atomic E-state index is 5.57. The number of hydrogen-bond donors (Lipinski definition) is 1. The molecule has 2 N–H and O–H groups in total. The molecule has 1 atom stereocenters. The second-order valence-electron chi connectivity index (χ2n) is 3.28. The van der Waals surface area contributed by atoms with Gasteiger partial charge in [-0.3, -0.25) is 4.99 Å². The van der Waals surface area contributed by atoms with E-state index in [1.807, 2.05) is 0 Å². The van der Waals surface area contributed by atoms with E-state index in [0.29, 0.717) is 6.04 Å². The van der Waals surface area contributed by atoms with E-state index in [0.717, 1.165) is 10.9 Å². The summed E-state index contributed by atoms with van der Waals surface area (Å²) in [4.78, 5) is 4.34. The molecule has 0 aromatic heterocycles. The summed E-state index contributed by atoms with van der Waals surface area (Å²) in [5, 5.41) is 0.787. The number of nitrogens with two attached hydrogens (primary N) is 1. The predicted octanol–water partition coefficient (Wildman–Crippen LogP) is 2.39. The van der Waals surface area contributed by atoms with Crippen molar-refractivity contribution in [1.82, 2.24) is 0 Å². The Kier molecular flexibility index (Phi) is 4.51. The van der Waals surface area contributed by atoms with Gasteiger partial charge in [-0.15, -0.1) is 0 Å². The van der Waals surface area contributed by atoms with Gasteiger partial charge >= 0.3 is 0 Å². The van der Waals surface area contributed by atoms with Crippen molar-refractivity contribution in [3.05, 3.63) is 0 Å². The van der Waals surface area contributed by atoms with Crippen LogP contribution in [0.5, 0.6) is 0 Å². The van der Waals surface area contributed by atoms with Crippen molar-refractivity contribution in [3.8, 4) is 0 Å². The van der Waals surface area contributed by atoms with E-state index < -0.39 is 0 Å². The molecule has 0 amide bonds. The van der Waals surface area contributed by atoms with Crippen LogP contribution in [0.15, 0.2) is 4.99 Å². The molecule has 0 aromatic carbocycles. The number of thioether (sulfide) groups is 1. The first-order valence-electron chi connectivity index (χ1n) is 4.79. The van der Waals surface area contributed by atoms with E-state index in [2.05, 4.69) is 11.9 Å². The average molecular weight is 186 g/mol. The molecule has 0 saturated heterocycles. The van der Waals surface area contributed by atoms with Crippen molar-refractivity contribution in [1.29, 1.82) is 0 Å². The van der Waals surface area contributed by atoms with Crippen molar-refractivity contribution in [2.24, 2.45) is 10.7 Å². The van der Waals surface area contributed by atoms with Crippen LogP contribution >= 0.6 is 11.8 Å².